The van der Waals surface area contributed by atoms with Gasteiger partial charge in [-0.1, -0.05) is 39.8 Å². The summed E-state index contributed by atoms with van der Waals surface area (Å²) < 4.78 is 5.64. The van der Waals surface area contributed by atoms with Crippen LogP contribution in [-0.4, -0.2) is 34.6 Å². The molecule has 1 aromatic carbocycles. The first-order valence-corrected chi connectivity index (χ1v) is 10.9. The van der Waals surface area contributed by atoms with E-state index in [0.29, 0.717) is 17.0 Å². The average Bonchev–Trinajstić information content (AvgIpc) is 3.27. The van der Waals surface area contributed by atoms with E-state index in [1.165, 1.54) is 12.3 Å². The second-order valence-corrected chi connectivity index (χ2v) is 8.12. The summed E-state index contributed by atoms with van der Waals surface area (Å²) in [5.41, 5.74) is 7.10. The van der Waals surface area contributed by atoms with Crippen molar-refractivity contribution in [3.63, 3.8) is 0 Å². The van der Waals surface area contributed by atoms with E-state index in [2.05, 4.69) is 15.6 Å². The molecule has 0 saturated heterocycles. The third-order valence-electron chi connectivity index (χ3n) is 5.39. The van der Waals surface area contributed by atoms with Gasteiger partial charge in [0.2, 0.25) is 11.7 Å². The van der Waals surface area contributed by atoms with Crippen molar-refractivity contribution in [2.24, 2.45) is 11.7 Å². The van der Waals surface area contributed by atoms with Crippen molar-refractivity contribution in [3.8, 4) is 11.5 Å². The lowest BCUT2D eigenvalue weighted by atomic mass is 10.1. The van der Waals surface area contributed by atoms with E-state index < -0.39 is 5.91 Å². The number of benzene rings is 1. The van der Waals surface area contributed by atoms with Crippen molar-refractivity contribution < 1.29 is 14.0 Å². The molecule has 1 unspecified atom stereocenters. The highest BCUT2D eigenvalue weighted by Gasteiger charge is 2.18. The molecule has 8 nitrogen and oxygen atoms in total. The number of amides is 2. The summed E-state index contributed by atoms with van der Waals surface area (Å²) in [5.74, 6) is -0.0336. The van der Waals surface area contributed by atoms with Gasteiger partial charge >= 0.3 is 0 Å². The zero-order valence-corrected chi connectivity index (χ0v) is 19.4. The number of hydrogen-bond acceptors (Lipinski definition) is 6. The van der Waals surface area contributed by atoms with Crippen molar-refractivity contribution in [1.29, 1.82) is 5.41 Å². The van der Waals surface area contributed by atoms with E-state index in [-0.39, 0.29) is 41.1 Å². The van der Waals surface area contributed by atoms with Crippen LogP contribution in [0.25, 0.3) is 11.5 Å². The van der Waals surface area contributed by atoms with E-state index in [0.717, 1.165) is 12.8 Å². The van der Waals surface area contributed by atoms with Crippen molar-refractivity contribution in [2.75, 3.05) is 0 Å². The molecule has 172 valence electrons. The number of nitrogens with one attached hydrogen (secondary N) is 3. The quantitative estimate of drug-likeness (QED) is 0.331. The first-order chi connectivity index (χ1) is 15.2. The van der Waals surface area contributed by atoms with Gasteiger partial charge < -0.3 is 26.2 Å². The van der Waals surface area contributed by atoms with Crippen molar-refractivity contribution in [1.82, 2.24) is 15.6 Å². The minimum Gasteiger partial charge on any atom is -0.431 e. The van der Waals surface area contributed by atoms with Crippen molar-refractivity contribution in [2.45, 2.75) is 59.5 Å². The third kappa shape index (κ3) is 6.54. The van der Waals surface area contributed by atoms with Crippen LogP contribution in [0.1, 0.15) is 63.6 Å². The molecule has 0 aliphatic carbocycles. The molecule has 0 radical (unpaired) electrons. The summed E-state index contributed by atoms with van der Waals surface area (Å²) in [6.07, 6.45) is 4.33. The topological polar surface area (TPSA) is 134 Å². The predicted molar refractivity (Wildman–Crippen MR) is 125 cm³/mol. The molecule has 2 amide bonds. The molecular weight excluding hydrogens is 406 g/mol. The minimum absolute atomic E-state index is 0.000714. The number of carbonyl (C=O) groups is 2. The van der Waals surface area contributed by atoms with Gasteiger partial charge in [0.05, 0.1) is 17.6 Å². The summed E-state index contributed by atoms with van der Waals surface area (Å²) in [7, 11) is 0. The Morgan fingerprint density at radius 2 is 1.88 bits per heavy atom. The molecule has 1 aromatic heterocycles. The highest BCUT2D eigenvalue weighted by Crippen LogP contribution is 2.21. The molecular formula is C24H33N5O3. The summed E-state index contributed by atoms with van der Waals surface area (Å²) >= 11 is 0. The van der Waals surface area contributed by atoms with Gasteiger partial charge in [0.15, 0.2) is 0 Å². The zero-order valence-electron chi connectivity index (χ0n) is 19.4. The molecule has 0 aliphatic rings. The number of oxazole rings is 1. The summed E-state index contributed by atoms with van der Waals surface area (Å²) in [4.78, 5) is 28.8. The molecule has 1 atom stereocenters. The van der Waals surface area contributed by atoms with Gasteiger partial charge in [0, 0.05) is 23.2 Å². The van der Waals surface area contributed by atoms with E-state index in [1.54, 1.807) is 24.3 Å². The van der Waals surface area contributed by atoms with Gasteiger partial charge in [0.25, 0.3) is 11.8 Å². The zero-order chi connectivity index (χ0) is 23.8. The second-order valence-electron chi connectivity index (χ2n) is 8.12. The Hall–Kier alpha value is -3.42. The SMILES string of the molecule is CCC(CC)NC(=O)C(N)=CC(=N)c1cccc(-c2ncc(C(=O)NC(C)C(C)C)o2)c1. The normalized spacial score (nSPS) is 12.7. The molecule has 0 bridgehead atoms. The van der Waals surface area contributed by atoms with Crippen LogP contribution < -0.4 is 16.4 Å². The Balaban J connectivity index is 2.15. The van der Waals surface area contributed by atoms with Crippen LogP contribution in [0.2, 0.25) is 0 Å². The van der Waals surface area contributed by atoms with Gasteiger partial charge in [-0.15, -0.1) is 0 Å². The van der Waals surface area contributed by atoms with Crippen LogP contribution in [0.4, 0.5) is 0 Å². The predicted octanol–water partition coefficient (Wildman–Crippen LogP) is 3.63. The molecule has 0 fully saturated rings. The molecule has 0 aliphatic heterocycles. The lowest BCUT2D eigenvalue weighted by Gasteiger charge is -2.16. The fourth-order valence-electron chi connectivity index (χ4n) is 2.84. The summed E-state index contributed by atoms with van der Waals surface area (Å²) in [5, 5.41) is 14.1. The first-order valence-electron chi connectivity index (χ1n) is 10.9. The molecule has 1 heterocycles. The molecule has 2 rings (SSSR count). The van der Waals surface area contributed by atoms with E-state index in [9.17, 15) is 9.59 Å². The fraction of sp³-hybridized carbons (Fsp3) is 0.417. The lowest BCUT2D eigenvalue weighted by Crippen LogP contribution is -2.37. The largest absolute Gasteiger partial charge is 0.431 e. The first kappa shape index (κ1) is 24.8. The van der Waals surface area contributed by atoms with Crippen LogP contribution in [0, 0.1) is 11.3 Å². The van der Waals surface area contributed by atoms with Gasteiger partial charge in [-0.05, 0) is 43.9 Å². The molecule has 8 heteroatoms. The highest BCUT2D eigenvalue weighted by atomic mass is 16.4. The number of nitrogens with two attached hydrogens (primary N) is 1. The Morgan fingerprint density at radius 1 is 1.19 bits per heavy atom. The monoisotopic (exact) mass is 439 g/mol. The second kappa shape index (κ2) is 11.3. The number of hydrogen-bond donors (Lipinski definition) is 4. The lowest BCUT2D eigenvalue weighted by molar-refractivity contribution is -0.118. The van der Waals surface area contributed by atoms with Crippen LogP contribution in [-0.2, 0) is 4.79 Å². The molecule has 32 heavy (non-hydrogen) atoms. The molecule has 5 N–H and O–H groups in total. The van der Waals surface area contributed by atoms with Crippen molar-refractivity contribution in [3.05, 3.63) is 53.6 Å². The van der Waals surface area contributed by atoms with Crippen LogP contribution >= 0.6 is 0 Å². The van der Waals surface area contributed by atoms with E-state index in [1.807, 2.05) is 34.6 Å². The maximum atomic E-state index is 12.3. The van der Waals surface area contributed by atoms with Gasteiger partial charge in [-0.2, -0.15) is 0 Å². The Bertz CT molecular complexity index is 989. The number of aromatic nitrogens is 1. The van der Waals surface area contributed by atoms with Crippen LogP contribution in [0.5, 0.6) is 0 Å². The van der Waals surface area contributed by atoms with Crippen LogP contribution in [0.3, 0.4) is 0 Å². The van der Waals surface area contributed by atoms with Gasteiger partial charge in [0.1, 0.15) is 0 Å². The Kier molecular flexibility index (Phi) is 8.75. The number of rotatable bonds is 10. The van der Waals surface area contributed by atoms with Gasteiger partial charge in [-0.25, -0.2) is 4.98 Å². The van der Waals surface area contributed by atoms with Gasteiger partial charge in [-0.3, -0.25) is 9.59 Å². The number of carbonyl (C=O) groups excluding carboxylic acids is 2. The van der Waals surface area contributed by atoms with Crippen molar-refractivity contribution >= 4 is 17.5 Å². The molecule has 2 aromatic rings. The standard InChI is InChI=1S/C24H33N5O3/c1-6-18(7-2)29-22(30)20(26)12-19(25)16-9-8-10-17(11-16)24-27-13-21(32-24)23(31)28-15(5)14(3)4/h8-15,18,25H,6-7,26H2,1-5H3,(H,28,31)(H,29,30). The Labute approximate surface area is 189 Å². The highest BCUT2D eigenvalue weighted by molar-refractivity contribution is 6.11. The third-order valence-corrected chi connectivity index (χ3v) is 5.39. The molecule has 0 spiro atoms. The molecule has 0 saturated carbocycles. The number of allylic oxidation sites excluding steroid dienone is 1. The summed E-state index contributed by atoms with van der Waals surface area (Å²) in [6, 6.07) is 7.00. The van der Waals surface area contributed by atoms with Crippen LogP contribution in [0.15, 0.2) is 46.7 Å². The average molecular weight is 440 g/mol. The minimum atomic E-state index is -0.390. The number of nitrogens with zero attached hydrogens (tertiary/aromatic N) is 1. The Morgan fingerprint density at radius 3 is 2.50 bits per heavy atom. The van der Waals surface area contributed by atoms with E-state index in [4.69, 9.17) is 15.6 Å². The summed E-state index contributed by atoms with van der Waals surface area (Å²) in [6.45, 7) is 9.95. The van der Waals surface area contributed by atoms with E-state index >= 15 is 0 Å². The smallest absolute Gasteiger partial charge is 0.288 e. The maximum absolute atomic E-state index is 12.3. The fourth-order valence-corrected chi connectivity index (χ4v) is 2.84. The maximum Gasteiger partial charge on any atom is 0.288 e.